The van der Waals surface area contributed by atoms with Crippen molar-refractivity contribution in [1.82, 2.24) is 0 Å². The third-order valence-electron chi connectivity index (χ3n) is 20.5. The van der Waals surface area contributed by atoms with Crippen LogP contribution >= 0.6 is 0 Å². The molecule has 1 aliphatic heterocycles. The van der Waals surface area contributed by atoms with Gasteiger partial charge in [-0.1, -0.05) is 335 Å². The Bertz CT molecular complexity index is 4800. The molecular formula is C88H74B3NO. The van der Waals surface area contributed by atoms with Gasteiger partial charge >= 0.3 is 0 Å². The van der Waals surface area contributed by atoms with Gasteiger partial charge in [0, 0.05) is 21.9 Å². The molecule has 0 spiro atoms. The lowest BCUT2D eigenvalue weighted by atomic mass is 9.31. The Balaban J connectivity index is 1.16. The zero-order valence-electron chi connectivity index (χ0n) is 55.0. The number of aryl methyl sites for hydroxylation is 10. The Morgan fingerprint density at radius 1 is 0.280 bits per heavy atom. The molecule has 13 aromatic carbocycles. The summed E-state index contributed by atoms with van der Waals surface area (Å²) < 4.78 is 7.27. The number of benzene rings is 13. The lowest BCUT2D eigenvalue weighted by Crippen LogP contribution is -2.59. The predicted octanol–water partition coefficient (Wildman–Crippen LogP) is 16.7. The fourth-order valence-electron chi connectivity index (χ4n) is 16.1. The van der Waals surface area contributed by atoms with Gasteiger partial charge in [0.05, 0.1) is 17.1 Å². The minimum Gasteiger partial charge on any atom is -0.454 e. The lowest BCUT2D eigenvalue weighted by Gasteiger charge is -2.35. The normalized spacial score (nSPS) is 11.9. The van der Waals surface area contributed by atoms with Crippen LogP contribution in [0.5, 0.6) is 0 Å². The van der Waals surface area contributed by atoms with Gasteiger partial charge < -0.3 is 9.32 Å². The first-order valence-electron chi connectivity index (χ1n) is 33.0. The van der Waals surface area contributed by atoms with Gasteiger partial charge in [0.25, 0.3) is 0 Å². The molecule has 14 aromatic rings. The molecule has 93 heavy (non-hydrogen) atoms. The van der Waals surface area contributed by atoms with Crippen LogP contribution in [0, 0.1) is 69.2 Å². The summed E-state index contributed by atoms with van der Waals surface area (Å²) in [6.45, 7) is 22.7. The fourth-order valence-corrected chi connectivity index (χ4v) is 16.1. The second-order valence-electron chi connectivity index (χ2n) is 26.3. The van der Waals surface area contributed by atoms with Gasteiger partial charge in [0.1, 0.15) is 5.58 Å². The topological polar surface area (TPSA) is 16.4 Å². The average molecular weight is 1190 g/mol. The van der Waals surface area contributed by atoms with Crippen molar-refractivity contribution in [3.8, 4) is 44.5 Å². The van der Waals surface area contributed by atoms with E-state index in [0.717, 1.165) is 72.4 Å². The number of hydrogen-bond donors (Lipinski definition) is 0. The molecule has 0 atom stereocenters. The van der Waals surface area contributed by atoms with Crippen molar-refractivity contribution in [3.05, 3.63) is 323 Å². The molecule has 0 saturated carbocycles. The van der Waals surface area contributed by atoms with Crippen molar-refractivity contribution in [2.45, 2.75) is 69.2 Å². The standard InChI is InChI=1S/C88H74B3NO/c1-55-25-19-26-56(2)83(55)89(84-57(3)27-20-28-58(84)4)69-45-47-77-73(53-69)75-51-67(65-35-13-11-14-36-65)43-49-79(75)92(81-41-24-40-72-71-39-17-18-42-82(71)93-88(72)81)80-50-44-68(66-37-15-12-16-38-66)52-76(80)74-54-70(46-48-78(74)91(77)87-63(9)33-23-34-64(87)10)90(85-59(5)29-21-30-60(85)6)86-61(7)31-22-32-62(86)8/h11-54H,1-10H3. The molecule has 15 rings (SSSR count). The summed E-state index contributed by atoms with van der Waals surface area (Å²) in [6.07, 6.45) is 0. The highest BCUT2D eigenvalue weighted by molar-refractivity contribution is 7.00. The Morgan fingerprint density at radius 2 is 0.645 bits per heavy atom. The molecule has 0 radical (unpaired) electrons. The molecule has 5 heteroatoms. The van der Waals surface area contributed by atoms with Crippen LogP contribution in [0.1, 0.15) is 55.6 Å². The van der Waals surface area contributed by atoms with Crippen LogP contribution < -0.4 is 54.1 Å². The molecule has 0 fully saturated rings. The molecule has 0 N–H and O–H groups in total. The molecule has 0 saturated heterocycles. The monoisotopic (exact) mass is 1190 g/mol. The van der Waals surface area contributed by atoms with Gasteiger partial charge in [-0.2, -0.15) is 0 Å². The van der Waals surface area contributed by atoms with E-state index in [1.54, 1.807) is 0 Å². The highest BCUT2D eigenvalue weighted by atomic mass is 16.3. The van der Waals surface area contributed by atoms with Crippen molar-refractivity contribution < 1.29 is 4.42 Å². The molecule has 2 nitrogen and oxygen atoms in total. The molecule has 2 heterocycles. The number of anilines is 3. The van der Waals surface area contributed by atoms with Crippen LogP contribution in [0.4, 0.5) is 17.1 Å². The SMILES string of the molecule is Cc1cccc(C)c1B1c2ccc(B(c3c(C)cccc3C)c3c(C)cccc3C)cc2-c2cc(-c3ccccc3)ccc2N(c2cccc3c2oc2ccccc23)c2ccc(-c3ccccc3)cc2-c2cc(B(c3c(C)cccc3C)c3c(C)cccc3C)ccc21. The number of para-hydroxylation sites is 2. The van der Waals surface area contributed by atoms with Gasteiger partial charge in [-0.3, -0.25) is 0 Å². The van der Waals surface area contributed by atoms with Crippen LogP contribution in [-0.4, -0.2) is 20.1 Å². The van der Waals surface area contributed by atoms with E-state index < -0.39 is 0 Å². The van der Waals surface area contributed by atoms with Gasteiger partial charge in [-0.25, -0.2) is 0 Å². The number of nitrogens with zero attached hydrogens (tertiary/aromatic N) is 1. The third kappa shape index (κ3) is 10.3. The Hall–Kier alpha value is -10.3. The predicted molar refractivity (Wildman–Crippen MR) is 404 cm³/mol. The smallest absolute Gasteiger partial charge is 0.243 e. The van der Waals surface area contributed by atoms with E-state index >= 15 is 0 Å². The summed E-state index contributed by atoms with van der Waals surface area (Å²) in [6, 6.07) is 101. The summed E-state index contributed by atoms with van der Waals surface area (Å²) in [4.78, 5) is 2.56. The van der Waals surface area contributed by atoms with Crippen molar-refractivity contribution in [2.24, 2.45) is 0 Å². The minimum atomic E-state index is -0.246. The molecule has 1 aromatic heterocycles. The summed E-state index contributed by atoms with van der Waals surface area (Å²) >= 11 is 0. The highest BCUT2D eigenvalue weighted by Gasteiger charge is 2.38. The molecular weight excluding hydrogens is 1120 g/mol. The first kappa shape index (κ1) is 59.0. The maximum atomic E-state index is 7.27. The number of furan rings is 1. The van der Waals surface area contributed by atoms with E-state index in [1.807, 2.05) is 0 Å². The fraction of sp³-hybridized carbons (Fsp3) is 0.114. The largest absolute Gasteiger partial charge is 0.454 e. The Kier molecular flexibility index (Phi) is 15.2. The van der Waals surface area contributed by atoms with Gasteiger partial charge in [-0.15, -0.1) is 0 Å². The van der Waals surface area contributed by atoms with Gasteiger partial charge in [0.15, 0.2) is 5.58 Å². The Morgan fingerprint density at radius 3 is 1.06 bits per heavy atom. The maximum absolute atomic E-state index is 7.27. The second kappa shape index (κ2) is 24.0. The van der Waals surface area contributed by atoms with E-state index in [9.17, 15) is 0 Å². The average Bonchev–Trinajstić information content (AvgIpc) is 0.765. The quantitative estimate of drug-likeness (QED) is 0.127. The van der Waals surface area contributed by atoms with Crippen LogP contribution in [0.2, 0.25) is 0 Å². The van der Waals surface area contributed by atoms with E-state index in [4.69, 9.17) is 4.42 Å². The van der Waals surface area contributed by atoms with E-state index in [0.29, 0.717) is 0 Å². The highest BCUT2D eigenvalue weighted by Crippen LogP contribution is 2.50. The summed E-state index contributed by atoms with van der Waals surface area (Å²) in [5, 5.41) is 2.16. The maximum Gasteiger partial charge on any atom is 0.243 e. The first-order valence-corrected chi connectivity index (χ1v) is 33.0. The zero-order chi connectivity index (χ0) is 63.8. The molecule has 0 aliphatic carbocycles. The van der Waals surface area contributed by atoms with Crippen LogP contribution in [0.15, 0.2) is 271 Å². The van der Waals surface area contributed by atoms with Gasteiger partial charge in [-0.05, 0) is 139 Å². The van der Waals surface area contributed by atoms with Crippen LogP contribution in [0.3, 0.4) is 0 Å². The second-order valence-corrected chi connectivity index (χ2v) is 26.3. The van der Waals surface area contributed by atoms with Crippen molar-refractivity contribution >= 4 is 108 Å². The molecule has 0 bridgehead atoms. The first-order chi connectivity index (χ1) is 45.3. The van der Waals surface area contributed by atoms with E-state index in [2.05, 4.69) is 341 Å². The molecule has 0 unspecified atom stereocenters. The van der Waals surface area contributed by atoms with Crippen molar-refractivity contribution in [1.29, 1.82) is 0 Å². The van der Waals surface area contributed by atoms with E-state index in [-0.39, 0.29) is 20.1 Å². The van der Waals surface area contributed by atoms with Crippen LogP contribution in [-0.2, 0) is 0 Å². The van der Waals surface area contributed by atoms with Gasteiger partial charge in [0.2, 0.25) is 20.1 Å². The zero-order valence-corrected chi connectivity index (χ0v) is 55.0. The minimum absolute atomic E-state index is 0.0772. The number of rotatable bonds is 10. The third-order valence-corrected chi connectivity index (χ3v) is 20.5. The molecule has 0 amide bonds. The summed E-state index contributed by atoms with van der Waals surface area (Å²) in [5.74, 6) is 0. The summed E-state index contributed by atoms with van der Waals surface area (Å²) in [5.41, 5.74) is 38.4. The van der Waals surface area contributed by atoms with Crippen molar-refractivity contribution in [2.75, 3.05) is 4.90 Å². The summed E-state index contributed by atoms with van der Waals surface area (Å²) in [7, 11) is 0. The lowest BCUT2D eigenvalue weighted by molar-refractivity contribution is 0.669. The van der Waals surface area contributed by atoms with Crippen molar-refractivity contribution in [3.63, 3.8) is 0 Å². The number of fused-ring (bicyclic) bond motifs is 9. The Labute approximate surface area is 550 Å². The van der Waals surface area contributed by atoms with Crippen LogP contribution in [0.25, 0.3) is 66.4 Å². The molecule has 1 aliphatic rings. The van der Waals surface area contributed by atoms with E-state index in [1.165, 1.54) is 116 Å². The number of hydrogen-bond acceptors (Lipinski definition) is 2. The molecule has 446 valence electrons.